The molecule has 2 rings (SSSR count). The molecule has 1 aromatic rings. The van der Waals surface area contributed by atoms with Gasteiger partial charge in [0.2, 0.25) is 0 Å². The van der Waals surface area contributed by atoms with Crippen molar-refractivity contribution in [2.45, 2.75) is 45.3 Å². The molecule has 0 radical (unpaired) electrons. The lowest BCUT2D eigenvalue weighted by atomic mass is 10.2. The van der Waals surface area contributed by atoms with E-state index in [1.165, 1.54) is 12.0 Å². The van der Waals surface area contributed by atoms with Gasteiger partial charge in [-0.1, -0.05) is 6.92 Å². The number of aryl methyl sites for hydroxylation is 1. The van der Waals surface area contributed by atoms with Crippen LogP contribution in [0.25, 0.3) is 0 Å². The summed E-state index contributed by atoms with van der Waals surface area (Å²) in [6.07, 6.45) is 7.51. The molecule has 0 spiro atoms. The van der Waals surface area contributed by atoms with Crippen molar-refractivity contribution in [2.24, 2.45) is 0 Å². The Labute approximate surface area is 96.9 Å². The van der Waals surface area contributed by atoms with Crippen LogP contribution >= 0.6 is 0 Å². The highest BCUT2D eigenvalue weighted by molar-refractivity contribution is 5.04. The maximum Gasteiger partial charge on any atom is 0.0587 e. The Morgan fingerprint density at radius 2 is 2.44 bits per heavy atom. The summed E-state index contributed by atoms with van der Waals surface area (Å²) in [4.78, 5) is 2.35. The van der Waals surface area contributed by atoms with Crippen LogP contribution in [-0.4, -0.2) is 39.0 Å². The highest BCUT2D eigenvalue weighted by atomic mass is 16.3. The van der Waals surface area contributed by atoms with Crippen molar-refractivity contribution < 1.29 is 5.11 Å². The molecular formula is C12H21N3O. The van der Waals surface area contributed by atoms with Crippen LogP contribution in [0.1, 0.15) is 31.7 Å². The van der Waals surface area contributed by atoms with E-state index in [0.29, 0.717) is 6.04 Å². The second-order valence-electron chi connectivity index (χ2n) is 4.56. The molecule has 1 N–H and O–H groups in total. The van der Waals surface area contributed by atoms with Crippen molar-refractivity contribution in [1.82, 2.24) is 14.7 Å². The molecule has 1 atom stereocenters. The standard InChI is InChI=1S/C12H21N3O/c1-2-5-15-9-11(7-13-15)8-14-6-3-4-12(14)10-16/h7,9,12,16H,2-6,8,10H2,1H3/t12-/m1/s1. The molecule has 1 saturated heterocycles. The smallest absolute Gasteiger partial charge is 0.0587 e. The Bertz CT molecular complexity index is 324. The molecule has 4 heteroatoms. The zero-order chi connectivity index (χ0) is 11.4. The van der Waals surface area contributed by atoms with Crippen LogP contribution in [0, 0.1) is 0 Å². The van der Waals surface area contributed by atoms with Crippen molar-refractivity contribution in [3.05, 3.63) is 18.0 Å². The van der Waals surface area contributed by atoms with Crippen LogP contribution < -0.4 is 0 Å². The van der Waals surface area contributed by atoms with Gasteiger partial charge in [0.05, 0.1) is 12.8 Å². The lowest BCUT2D eigenvalue weighted by Crippen LogP contribution is -2.31. The van der Waals surface area contributed by atoms with Gasteiger partial charge in [-0.3, -0.25) is 9.58 Å². The van der Waals surface area contributed by atoms with Crippen LogP contribution in [-0.2, 0) is 13.1 Å². The highest BCUT2D eigenvalue weighted by Crippen LogP contribution is 2.19. The van der Waals surface area contributed by atoms with Crippen molar-refractivity contribution in [3.8, 4) is 0 Å². The van der Waals surface area contributed by atoms with E-state index in [4.69, 9.17) is 0 Å². The zero-order valence-electron chi connectivity index (χ0n) is 9.97. The van der Waals surface area contributed by atoms with Gasteiger partial charge in [0.1, 0.15) is 0 Å². The van der Waals surface area contributed by atoms with E-state index < -0.39 is 0 Å². The molecule has 16 heavy (non-hydrogen) atoms. The summed E-state index contributed by atoms with van der Waals surface area (Å²) in [6.45, 7) is 5.45. The van der Waals surface area contributed by atoms with Gasteiger partial charge in [-0.15, -0.1) is 0 Å². The van der Waals surface area contributed by atoms with Gasteiger partial charge in [0.15, 0.2) is 0 Å². The fourth-order valence-corrected chi connectivity index (χ4v) is 2.38. The predicted octanol–water partition coefficient (Wildman–Crippen LogP) is 1.25. The number of aliphatic hydroxyl groups excluding tert-OH is 1. The summed E-state index contributed by atoms with van der Waals surface area (Å²) in [5, 5.41) is 13.6. The van der Waals surface area contributed by atoms with Gasteiger partial charge in [0.25, 0.3) is 0 Å². The third-order valence-electron chi connectivity index (χ3n) is 3.23. The first kappa shape index (κ1) is 11.6. The SMILES string of the molecule is CCCn1cc(CN2CCC[C@@H]2CO)cn1. The van der Waals surface area contributed by atoms with Gasteiger partial charge in [0, 0.05) is 30.9 Å². The summed E-state index contributed by atoms with van der Waals surface area (Å²) >= 11 is 0. The number of likely N-dealkylation sites (tertiary alicyclic amines) is 1. The van der Waals surface area contributed by atoms with Crippen molar-refractivity contribution in [2.75, 3.05) is 13.2 Å². The van der Waals surface area contributed by atoms with Gasteiger partial charge in [-0.05, 0) is 25.8 Å². The van der Waals surface area contributed by atoms with Gasteiger partial charge in [-0.25, -0.2) is 0 Å². The van der Waals surface area contributed by atoms with Gasteiger partial charge in [-0.2, -0.15) is 5.10 Å². The summed E-state index contributed by atoms with van der Waals surface area (Å²) in [5.41, 5.74) is 1.26. The Morgan fingerprint density at radius 3 is 3.19 bits per heavy atom. The molecule has 0 bridgehead atoms. The molecule has 0 unspecified atom stereocenters. The second-order valence-corrected chi connectivity index (χ2v) is 4.56. The molecule has 0 aliphatic carbocycles. The average Bonchev–Trinajstić information content (AvgIpc) is 2.89. The van der Waals surface area contributed by atoms with Crippen LogP contribution in [0.2, 0.25) is 0 Å². The highest BCUT2D eigenvalue weighted by Gasteiger charge is 2.23. The molecule has 1 fully saturated rings. The van der Waals surface area contributed by atoms with Crippen molar-refractivity contribution in [1.29, 1.82) is 0 Å². The Morgan fingerprint density at radius 1 is 1.56 bits per heavy atom. The lowest BCUT2D eigenvalue weighted by Gasteiger charge is -2.21. The molecule has 0 aromatic carbocycles. The molecular weight excluding hydrogens is 202 g/mol. The summed E-state index contributed by atoms with van der Waals surface area (Å²) in [7, 11) is 0. The average molecular weight is 223 g/mol. The van der Waals surface area contributed by atoms with Crippen molar-refractivity contribution in [3.63, 3.8) is 0 Å². The first-order valence-corrected chi connectivity index (χ1v) is 6.19. The quantitative estimate of drug-likeness (QED) is 0.817. The monoisotopic (exact) mass is 223 g/mol. The third kappa shape index (κ3) is 2.62. The van der Waals surface area contributed by atoms with E-state index in [1.807, 2.05) is 10.9 Å². The van der Waals surface area contributed by atoms with E-state index in [-0.39, 0.29) is 6.61 Å². The molecule has 90 valence electrons. The Hall–Kier alpha value is -0.870. The number of aromatic nitrogens is 2. The minimum atomic E-state index is 0.281. The van der Waals surface area contributed by atoms with Gasteiger partial charge >= 0.3 is 0 Å². The molecule has 1 aliphatic heterocycles. The predicted molar refractivity (Wildman–Crippen MR) is 63.0 cm³/mol. The fraction of sp³-hybridized carbons (Fsp3) is 0.750. The molecule has 1 aromatic heterocycles. The number of hydrogen-bond donors (Lipinski definition) is 1. The van der Waals surface area contributed by atoms with Crippen LogP contribution in [0.4, 0.5) is 0 Å². The first-order valence-electron chi connectivity index (χ1n) is 6.19. The molecule has 0 saturated carbocycles. The Balaban J connectivity index is 1.92. The maximum absolute atomic E-state index is 9.24. The minimum Gasteiger partial charge on any atom is -0.395 e. The van der Waals surface area contributed by atoms with Crippen LogP contribution in [0.3, 0.4) is 0 Å². The summed E-state index contributed by atoms with van der Waals surface area (Å²) in [5.74, 6) is 0. The molecule has 2 heterocycles. The van der Waals surface area contributed by atoms with E-state index in [9.17, 15) is 5.11 Å². The van der Waals surface area contributed by atoms with Crippen molar-refractivity contribution >= 4 is 0 Å². The largest absolute Gasteiger partial charge is 0.395 e. The van der Waals surface area contributed by atoms with Gasteiger partial charge < -0.3 is 5.11 Å². The number of nitrogens with zero attached hydrogens (tertiary/aromatic N) is 3. The van der Waals surface area contributed by atoms with E-state index >= 15 is 0 Å². The van der Waals surface area contributed by atoms with E-state index in [2.05, 4.69) is 23.1 Å². The van der Waals surface area contributed by atoms with Crippen LogP contribution in [0.15, 0.2) is 12.4 Å². The molecule has 0 amide bonds. The molecule has 4 nitrogen and oxygen atoms in total. The normalized spacial score (nSPS) is 21.8. The molecule has 1 aliphatic rings. The second kappa shape index (κ2) is 5.46. The third-order valence-corrected chi connectivity index (χ3v) is 3.23. The van der Waals surface area contributed by atoms with E-state index in [1.54, 1.807) is 0 Å². The maximum atomic E-state index is 9.24. The van der Waals surface area contributed by atoms with E-state index in [0.717, 1.165) is 32.5 Å². The Kier molecular flexibility index (Phi) is 3.96. The number of aliphatic hydroxyl groups is 1. The number of hydrogen-bond acceptors (Lipinski definition) is 3. The number of rotatable bonds is 5. The summed E-state index contributed by atoms with van der Waals surface area (Å²) in [6, 6.07) is 0.356. The van der Waals surface area contributed by atoms with Crippen LogP contribution in [0.5, 0.6) is 0 Å². The summed E-state index contributed by atoms with van der Waals surface area (Å²) < 4.78 is 2.00. The lowest BCUT2D eigenvalue weighted by molar-refractivity contribution is 0.153. The zero-order valence-corrected chi connectivity index (χ0v) is 9.97. The minimum absolute atomic E-state index is 0.281. The fourth-order valence-electron chi connectivity index (χ4n) is 2.38. The first-order chi connectivity index (χ1) is 7.83. The topological polar surface area (TPSA) is 41.3 Å².